The van der Waals surface area contributed by atoms with Crippen molar-refractivity contribution in [2.45, 2.75) is 36.7 Å². The first-order valence-corrected chi connectivity index (χ1v) is 8.60. The highest BCUT2D eigenvalue weighted by Gasteiger charge is 2.52. The minimum Gasteiger partial charge on any atom is -0.367 e. The van der Waals surface area contributed by atoms with E-state index in [4.69, 9.17) is 10.5 Å². The predicted octanol–water partition coefficient (Wildman–Crippen LogP) is 4.29. The molecule has 0 bridgehead atoms. The molecule has 156 valence electrons. The van der Waals surface area contributed by atoms with Gasteiger partial charge in [0, 0.05) is 12.8 Å². The number of pyridine rings is 1. The van der Waals surface area contributed by atoms with Gasteiger partial charge in [-0.25, -0.2) is 0 Å². The topological polar surface area (TPSA) is 65.2 Å². The Hall–Kier alpha value is -2.62. The van der Waals surface area contributed by atoms with Crippen LogP contribution in [0, 0.1) is 0 Å². The van der Waals surface area contributed by atoms with Crippen LogP contribution in [0.1, 0.15) is 41.1 Å². The zero-order chi connectivity index (χ0) is 21.4. The van der Waals surface area contributed by atoms with Gasteiger partial charge in [0.2, 0.25) is 0 Å². The van der Waals surface area contributed by atoms with Gasteiger partial charge in [0.25, 0.3) is 5.91 Å². The van der Waals surface area contributed by atoms with Crippen molar-refractivity contribution in [2.24, 2.45) is 5.73 Å². The molecule has 2 heterocycles. The molecule has 0 aliphatic carbocycles. The van der Waals surface area contributed by atoms with E-state index in [9.17, 15) is 31.1 Å². The fourth-order valence-corrected chi connectivity index (χ4v) is 3.63. The second-order valence-corrected chi connectivity index (χ2v) is 6.69. The van der Waals surface area contributed by atoms with E-state index in [0.29, 0.717) is 6.42 Å². The fraction of sp³-hybridized carbons (Fsp3) is 0.368. The van der Waals surface area contributed by atoms with Crippen LogP contribution < -0.4 is 5.73 Å². The lowest BCUT2D eigenvalue weighted by Gasteiger charge is -2.35. The second kappa shape index (κ2) is 7.33. The fourth-order valence-electron chi connectivity index (χ4n) is 3.63. The highest BCUT2D eigenvalue weighted by atomic mass is 19.4. The van der Waals surface area contributed by atoms with Crippen molar-refractivity contribution < 1.29 is 35.9 Å². The summed E-state index contributed by atoms with van der Waals surface area (Å²) in [4.78, 5) is 16.1. The van der Waals surface area contributed by atoms with Gasteiger partial charge >= 0.3 is 12.4 Å². The van der Waals surface area contributed by atoms with E-state index in [1.165, 1.54) is 0 Å². The summed E-state index contributed by atoms with van der Waals surface area (Å²) in [6.07, 6.45) is -7.94. The molecule has 3 rings (SSSR count). The molecule has 1 aromatic heterocycles. The SMILES string of the molecule is NC(=O)C1([C@@H](c2ccc(C(F)(F)F)cc2)c2ncccc2C(F)(F)F)CCCO1. The average Bonchev–Trinajstić information content (AvgIpc) is 3.12. The van der Waals surface area contributed by atoms with Crippen molar-refractivity contribution in [3.05, 3.63) is 65.0 Å². The number of ether oxygens (including phenoxy) is 1. The van der Waals surface area contributed by atoms with Crippen molar-refractivity contribution in [1.82, 2.24) is 4.98 Å². The maximum atomic E-state index is 13.6. The third kappa shape index (κ3) is 3.93. The molecule has 1 fully saturated rings. The maximum Gasteiger partial charge on any atom is 0.418 e. The number of aromatic nitrogens is 1. The number of carbonyl (C=O) groups is 1. The third-order valence-electron chi connectivity index (χ3n) is 4.92. The highest BCUT2D eigenvalue weighted by Crippen LogP contribution is 2.46. The number of amides is 1. The maximum absolute atomic E-state index is 13.6. The van der Waals surface area contributed by atoms with Gasteiger partial charge in [0.1, 0.15) is 0 Å². The van der Waals surface area contributed by atoms with Gasteiger partial charge in [0.05, 0.1) is 22.7 Å². The van der Waals surface area contributed by atoms with E-state index >= 15 is 0 Å². The standard InChI is InChI=1S/C19H16F6N2O2/c20-18(21,22)12-6-4-11(5-7-12)14(17(16(26)28)8-2-10-29-17)15-13(19(23,24)25)3-1-9-27-15/h1,3-7,9,14H,2,8,10H2,(H2,26,28)/t14-,17?/m0/s1. The highest BCUT2D eigenvalue weighted by molar-refractivity contribution is 5.86. The van der Waals surface area contributed by atoms with Gasteiger partial charge in [-0.05, 0) is 42.7 Å². The molecule has 1 aliphatic rings. The van der Waals surface area contributed by atoms with Crippen LogP contribution in [0.5, 0.6) is 0 Å². The van der Waals surface area contributed by atoms with E-state index in [1.54, 1.807) is 0 Å². The monoisotopic (exact) mass is 418 g/mol. The van der Waals surface area contributed by atoms with Crippen LogP contribution >= 0.6 is 0 Å². The van der Waals surface area contributed by atoms with Gasteiger partial charge in [-0.2, -0.15) is 26.3 Å². The van der Waals surface area contributed by atoms with Crippen LogP contribution in [-0.4, -0.2) is 23.1 Å². The van der Waals surface area contributed by atoms with Crippen LogP contribution in [-0.2, 0) is 21.9 Å². The molecular weight excluding hydrogens is 402 g/mol. The minimum absolute atomic E-state index is 0.0158. The molecule has 2 N–H and O–H groups in total. The summed E-state index contributed by atoms with van der Waals surface area (Å²) in [6.45, 7) is 0.0776. The molecule has 0 radical (unpaired) electrons. The number of benzene rings is 1. The molecule has 29 heavy (non-hydrogen) atoms. The summed E-state index contributed by atoms with van der Waals surface area (Å²) < 4.78 is 85.1. The zero-order valence-corrected chi connectivity index (χ0v) is 14.8. The second-order valence-electron chi connectivity index (χ2n) is 6.69. The van der Waals surface area contributed by atoms with Crippen molar-refractivity contribution in [1.29, 1.82) is 0 Å². The van der Waals surface area contributed by atoms with Crippen molar-refractivity contribution in [3.8, 4) is 0 Å². The Bertz CT molecular complexity index is 887. The summed E-state index contributed by atoms with van der Waals surface area (Å²) in [5.74, 6) is -2.43. The molecule has 2 aromatic rings. The molecule has 2 atom stereocenters. The quantitative estimate of drug-likeness (QED) is 0.754. The van der Waals surface area contributed by atoms with Crippen molar-refractivity contribution in [3.63, 3.8) is 0 Å². The first-order chi connectivity index (χ1) is 13.5. The first kappa shape index (κ1) is 21.1. The van der Waals surface area contributed by atoms with Gasteiger partial charge in [0.15, 0.2) is 5.60 Å². The van der Waals surface area contributed by atoms with Crippen molar-refractivity contribution in [2.75, 3.05) is 6.61 Å². The molecule has 0 saturated carbocycles. The Balaban J connectivity index is 2.23. The van der Waals surface area contributed by atoms with Crippen LogP contribution in [0.4, 0.5) is 26.3 Å². The minimum atomic E-state index is -4.80. The lowest BCUT2D eigenvalue weighted by Crippen LogP contribution is -2.49. The Morgan fingerprint density at radius 2 is 1.72 bits per heavy atom. The molecule has 1 saturated heterocycles. The summed E-state index contributed by atoms with van der Waals surface area (Å²) in [7, 11) is 0. The smallest absolute Gasteiger partial charge is 0.367 e. The molecule has 1 aliphatic heterocycles. The molecule has 0 spiro atoms. The lowest BCUT2D eigenvalue weighted by atomic mass is 9.75. The van der Waals surface area contributed by atoms with E-state index in [1.807, 2.05) is 0 Å². The number of nitrogens with two attached hydrogens (primary N) is 1. The summed E-state index contributed by atoms with van der Waals surface area (Å²) in [5, 5.41) is 0. The van der Waals surface area contributed by atoms with E-state index in [0.717, 1.165) is 42.6 Å². The number of nitrogens with zero attached hydrogens (tertiary/aromatic N) is 1. The number of primary amides is 1. The summed E-state index contributed by atoms with van der Waals surface area (Å²) >= 11 is 0. The molecular formula is C19H16F6N2O2. The van der Waals surface area contributed by atoms with E-state index in [2.05, 4.69) is 4.98 Å². The van der Waals surface area contributed by atoms with Crippen LogP contribution in [0.15, 0.2) is 42.6 Å². The number of hydrogen-bond acceptors (Lipinski definition) is 3. The number of alkyl halides is 6. The Labute approximate surface area is 161 Å². The Morgan fingerprint density at radius 3 is 2.21 bits per heavy atom. The van der Waals surface area contributed by atoms with E-state index < -0.39 is 46.6 Å². The van der Waals surface area contributed by atoms with Crippen LogP contribution in [0.3, 0.4) is 0 Å². The third-order valence-corrected chi connectivity index (χ3v) is 4.92. The number of halogens is 6. The molecule has 1 unspecified atom stereocenters. The van der Waals surface area contributed by atoms with E-state index in [-0.39, 0.29) is 18.6 Å². The van der Waals surface area contributed by atoms with Crippen molar-refractivity contribution >= 4 is 5.91 Å². The number of rotatable bonds is 4. The Kier molecular flexibility index (Phi) is 5.33. The van der Waals surface area contributed by atoms with Crippen LogP contribution in [0.25, 0.3) is 0 Å². The summed E-state index contributed by atoms with van der Waals surface area (Å²) in [5.41, 5.74) is 1.07. The zero-order valence-electron chi connectivity index (χ0n) is 14.8. The first-order valence-electron chi connectivity index (χ1n) is 8.60. The van der Waals surface area contributed by atoms with Gasteiger partial charge in [-0.15, -0.1) is 0 Å². The molecule has 1 aromatic carbocycles. The molecule has 10 heteroatoms. The lowest BCUT2D eigenvalue weighted by molar-refractivity contribution is -0.144. The number of hydrogen-bond donors (Lipinski definition) is 1. The Morgan fingerprint density at radius 1 is 1.07 bits per heavy atom. The molecule has 4 nitrogen and oxygen atoms in total. The predicted molar refractivity (Wildman–Crippen MR) is 89.6 cm³/mol. The molecule has 1 amide bonds. The average molecular weight is 418 g/mol. The normalized spacial score (nSPS) is 21.2. The van der Waals surface area contributed by atoms with Gasteiger partial charge in [-0.1, -0.05) is 12.1 Å². The van der Waals surface area contributed by atoms with Gasteiger partial charge < -0.3 is 10.5 Å². The summed E-state index contributed by atoms with van der Waals surface area (Å²) in [6, 6.07) is 5.40. The van der Waals surface area contributed by atoms with Gasteiger partial charge in [-0.3, -0.25) is 9.78 Å². The van der Waals surface area contributed by atoms with Crippen LogP contribution in [0.2, 0.25) is 0 Å². The largest absolute Gasteiger partial charge is 0.418 e. The number of carbonyl (C=O) groups excluding carboxylic acids is 1.